The summed E-state index contributed by atoms with van der Waals surface area (Å²) in [6.07, 6.45) is 6.69. The number of ether oxygens (including phenoxy) is 1. The molecule has 2 heterocycles. The van der Waals surface area contributed by atoms with Crippen LogP contribution in [0.5, 0.6) is 0 Å². The molecule has 1 N–H and O–H groups in total. The smallest absolute Gasteiger partial charge is 0.122 e. The molecule has 124 valence electrons. The van der Waals surface area contributed by atoms with Gasteiger partial charge in [0, 0.05) is 30.6 Å². The molecule has 1 aromatic heterocycles. The Morgan fingerprint density at radius 3 is 2.82 bits per heavy atom. The van der Waals surface area contributed by atoms with Gasteiger partial charge < -0.3 is 9.84 Å². The lowest BCUT2D eigenvalue weighted by Gasteiger charge is -2.39. The van der Waals surface area contributed by atoms with E-state index in [1.54, 1.807) is 11.3 Å². The summed E-state index contributed by atoms with van der Waals surface area (Å²) < 4.78 is 5.73. The van der Waals surface area contributed by atoms with E-state index in [2.05, 4.69) is 24.1 Å². The Kier molecular flexibility index (Phi) is 5.50. The van der Waals surface area contributed by atoms with E-state index in [9.17, 15) is 5.11 Å². The van der Waals surface area contributed by atoms with Crippen molar-refractivity contribution in [1.29, 1.82) is 0 Å². The monoisotopic (exact) mass is 324 g/mol. The average Bonchev–Trinajstić information content (AvgIpc) is 3.16. The largest absolute Gasteiger partial charge is 0.391 e. The molecule has 2 aliphatic rings. The maximum Gasteiger partial charge on any atom is 0.122 e. The number of thiazole rings is 1. The molecule has 0 unspecified atom stereocenters. The van der Waals surface area contributed by atoms with Crippen molar-refractivity contribution in [2.45, 2.75) is 83.2 Å². The second kappa shape index (κ2) is 7.39. The number of rotatable bonds is 5. The molecule has 1 aliphatic carbocycles. The molecule has 0 amide bonds. The first-order valence-electron chi connectivity index (χ1n) is 8.65. The van der Waals surface area contributed by atoms with Gasteiger partial charge in [-0.15, -0.1) is 11.3 Å². The van der Waals surface area contributed by atoms with Crippen LogP contribution in [-0.2, 0) is 11.3 Å². The molecule has 1 aliphatic heterocycles. The summed E-state index contributed by atoms with van der Waals surface area (Å²) in [7, 11) is 0. The predicted molar refractivity (Wildman–Crippen MR) is 89.0 cm³/mol. The lowest BCUT2D eigenvalue weighted by atomic mass is 9.90. The summed E-state index contributed by atoms with van der Waals surface area (Å²) in [5.41, 5.74) is 1.13. The van der Waals surface area contributed by atoms with Crippen LogP contribution in [0.25, 0.3) is 0 Å². The fraction of sp³-hybridized carbons (Fsp3) is 0.824. The minimum Gasteiger partial charge on any atom is -0.391 e. The van der Waals surface area contributed by atoms with E-state index in [0.29, 0.717) is 6.04 Å². The van der Waals surface area contributed by atoms with E-state index >= 15 is 0 Å². The fourth-order valence-electron chi connectivity index (χ4n) is 3.66. The van der Waals surface area contributed by atoms with Gasteiger partial charge in [0.1, 0.15) is 11.1 Å². The van der Waals surface area contributed by atoms with E-state index in [1.165, 1.54) is 6.42 Å². The van der Waals surface area contributed by atoms with E-state index in [4.69, 9.17) is 9.72 Å². The number of aliphatic hydroxyl groups excluding tert-OH is 1. The van der Waals surface area contributed by atoms with Crippen LogP contribution >= 0.6 is 11.3 Å². The van der Waals surface area contributed by atoms with Crippen LogP contribution in [0, 0.1) is 0 Å². The lowest BCUT2D eigenvalue weighted by Crippen LogP contribution is -2.48. The van der Waals surface area contributed by atoms with Crippen LogP contribution in [0.4, 0.5) is 0 Å². The van der Waals surface area contributed by atoms with Crippen molar-refractivity contribution in [3.63, 3.8) is 0 Å². The fourth-order valence-corrected chi connectivity index (χ4v) is 4.56. The SMILES string of the molecule is CC(C)N(Cc1csc([C@@H]2CCCO2)n1)[C@H]1CCCC[C@H]1O. The normalized spacial score (nSPS) is 29.6. The Hall–Kier alpha value is -0.490. The highest BCUT2D eigenvalue weighted by atomic mass is 32.1. The number of aliphatic hydroxyl groups is 1. The second-order valence-corrected chi connectivity index (χ2v) is 7.75. The van der Waals surface area contributed by atoms with E-state index in [0.717, 1.165) is 56.0 Å². The van der Waals surface area contributed by atoms with Crippen molar-refractivity contribution >= 4 is 11.3 Å². The Labute approximate surface area is 137 Å². The van der Waals surface area contributed by atoms with Gasteiger partial charge >= 0.3 is 0 Å². The van der Waals surface area contributed by atoms with E-state index in [-0.39, 0.29) is 18.2 Å². The molecule has 1 aromatic rings. The molecule has 0 bridgehead atoms. The Morgan fingerprint density at radius 2 is 2.14 bits per heavy atom. The minimum absolute atomic E-state index is 0.188. The number of nitrogens with zero attached hydrogens (tertiary/aromatic N) is 2. The molecule has 1 saturated carbocycles. The maximum absolute atomic E-state index is 10.4. The minimum atomic E-state index is -0.188. The highest BCUT2D eigenvalue weighted by molar-refractivity contribution is 7.09. The van der Waals surface area contributed by atoms with Crippen molar-refractivity contribution < 1.29 is 9.84 Å². The van der Waals surface area contributed by atoms with Gasteiger partial charge in [0.25, 0.3) is 0 Å². The van der Waals surface area contributed by atoms with Gasteiger partial charge in [-0.2, -0.15) is 0 Å². The van der Waals surface area contributed by atoms with Gasteiger partial charge in [-0.25, -0.2) is 4.98 Å². The predicted octanol–water partition coefficient (Wildman–Crippen LogP) is 3.51. The molecule has 5 heteroatoms. The van der Waals surface area contributed by atoms with Gasteiger partial charge in [-0.05, 0) is 39.5 Å². The zero-order valence-electron chi connectivity index (χ0n) is 13.7. The first-order chi connectivity index (χ1) is 10.6. The van der Waals surface area contributed by atoms with E-state index < -0.39 is 0 Å². The number of aromatic nitrogens is 1. The first-order valence-corrected chi connectivity index (χ1v) is 9.53. The summed E-state index contributed by atoms with van der Waals surface area (Å²) in [5, 5.41) is 13.7. The lowest BCUT2D eigenvalue weighted by molar-refractivity contribution is -0.000194. The van der Waals surface area contributed by atoms with Crippen molar-refractivity contribution in [3.8, 4) is 0 Å². The zero-order valence-corrected chi connectivity index (χ0v) is 14.5. The Bertz CT molecular complexity index is 471. The number of hydrogen-bond acceptors (Lipinski definition) is 5. The van der Waals surface area contributed by atoms with Gasteiger partial charge in [-0.3, -0.25) is 4.90 Å². The van der Waals surface area contributed by atoms with Crippen molar-refractivity contribution in [2.75, 3.05) is 6.61 Å². The van der Waals surface area contributed by atoms with Crippen LogP contribution < -0.4 is 0 Å². The van der Waals surface area contributed by atoms with Gasteiger partial charge in [0.2, 0.25) is 0 Å². The summed E-state index contributed by atoms with van der Waals surface area (Å²) in [6, 6.07) is 0.701. The summed E-state index contributed by atoms with van der Waals surface area (Å²) in [6.45, 7) is 6.14. The molecule has 2 fully saturated rings. The van der Waals surface area contributed by atoms with Crippen LogP contribution in [0.1, 0.15) is 69.2 Å². The Morgan fingerprint density at radius 1 is 1.32 bits per heavy atom. The Balaban J connectivity index is 1.68. The molecule has 1 saturated heterocycles. The molecule has 3 atom stereocenters. The highest BCUT2D eigenvalue weighted by Gasteiger charge is 2.31. The molecule has 22 heavy (non-hydrogen) atoms. The molecule has 3 rings (SSSR count). The third-order valence-corrected chi connectivity index (χ3v) is 5.89. The van der Waals surface area contributed by atoms with Gasteiger partial charge in [0.15, 0.2) is 0 Å². The molecule has 0 spiro atoms. The summed E-state index contributed by atoms with van der Waals surface area (Å²) in [4.78, 5) is 7.23. The maximum atomic E-state index is 10.4. The topological polar surface area (TPSA) is 45.6 Å². The van der Waals surface area contributed by atoms with Gasteiger partial charge in [0.05, 0.1) is 11.8 Å². The third-order valence-electron chi connectivity index (χ3n) is 4.90. The second-order valence-electron chi connectivity index (χ2n) is 6.86. The van der Waals surface area contributed by atoms with Crippen LogP contribution in [0.3, 0.4) is 0 Å². The van der Waals surface area contributed by atoms with E-state index in [1.807, 2.05) is 0 Å². The highest BCUT2D eigenvalue weighted by Crippen LogP contribution is 2.32. The third kappa shape index (κ3) is 3.70. The quantitative estimate of drug-likeness (QED) is 0.900. The molecular formula is C17H28N2O2S. The summed E-state index contributed by atoms with van der Waals surface area (Å²) in [5.74, 6) is 0. The van der Waals surface area contributed by atoms with Crippen LogP contribution in [-0.4, -0.2) is 39.8 Å². The van der Waals surface area contributed by atoms with Crippen molar-refractivity contribution in [1.82, 2.24) is 9.88 Å². The molecule has 0 radical (unpaired) electrons. The zero-order chi connectivity index (χ0) is 15.5. The first kappa shape index (κ1) is 16.4. The van der Waals surface area contributed by atoms with Crippen LogP contribution in [0.15, 0.2) is 5.38 Å². The molecular weight excluding hydrogens is 296 g/mol. The van der Waals surface area contributed by atoms with Crippen molar-refractivity contribution in [3.05, 3.63) is 16.1 Å². The standard InChI is InChI=1S/C17H28N2O2S/c1-12(2)19(14-6-3-4-7-15(14)20)10-13-11-22-17(18-13)16-8-5-9-21-16/h11-12,14-16,20H,3-10H2,1-2H3/t14-,15+,16-/m0/s1. The van der Waals surface area contributed by atoms with Crippen molar-refractivity contribution in [2.24, 2.45) is 0 Å². The number of hydrogen-bond donors (Lipinski definition) is 1. The molecule has 0 aromatic carbocycles. The summed E-state index contributed by atoms with van der Waals surface area (Å²) >= 11 is 1.72. The van der Waals surface area contributed by atoms with Gasteiger partial charge in [-0.1, -0.05) is 12.8 Å². The van der Waals surface area contributed by atoms with Crippen LogP contribution in [0.2, 0.25) is 0 Å². The average molecular weight is 324 g/mol. The molecule has 4 nitrogen and oxygen atoms in total.